The zero-order valence-electron chi connectivity index (χ0n) is 36.3. The van der Waals surface area contributed by atoms with Crippen LogP contribution in [-0.2, 0) is 6.61 Å². The molecule has 0 atom stereocenters. The van der Waals surface area contributed by atoms with E-state index in [1.54, 1.807) is 14.2 Å². The highest BCUT2D eigenvalue weighted by atomic mass is 35.5. The van der Waals surface area contributed by atoms with Gasteiger partial charge in [-0.3, -0.25) is 0 Å². The quantitative estimate of drug-likeness (QED) is 0.0513. The minimum Gasteiger partial charge on any atom is -0.497 e. The van der Waals surface area contributed by atoms with Gasteiger partial charge in [0.25, 0.3) is 0 Å². The van der Waals surface area contributed by atoms with E-state index in [-0.39, 0.29) is 6.61 Å². The van der Waals surface area contributed by atoms with Gasteiger partial charge >= 0.3 is 0 Å². The fourth-order valence-electron chi connectivity index (χ4n) is 6.71. The van der Waals surface area contributed by atoms with Crippen molar-refractivity contribution >= 4 is 55.9 Å². The van der Waals surface area contributed by atoms with E-state index >= 15 is 0 Å². The first-order chi connectivity index (χ1) is 31.9. The topological polar surface area (TPSA) is 192 Å². The van der Waals surface area contributed by atoms with E-state index in [2.05, 4.69) is 20.6 Å². The number of rotatable bonds is 14. The summed E-state index contributed by atoms with van der Waals surface area (Å²) in [5.74, 6) is 5.13. The summed E-state index contributed by atoms with van der Waals surface area (Å²) in [5, 5.41) is 19.7. The van der Waals surface area contributed by atoms with E-state index in [0.29, 0.717) is 35.7 Å². The summed E-state index contributed by atoms with van der Waals surface area (Å²) >= 11 is 6.19. The standard InChI is InChI=1S/C33H30N6O2.C15H11ClN2O.C3H10N2/c1-41-25-17-15-24(16-18-25)31-37-29-10-5-3-8-27(29)33(39-31)35-20-6-19-34-32-26-7-2-4-9-28(26)36-30(38-32)23-13-11-22(21-40)12-14-23;1-19-11-8-6-10(7-9-11)15-17-13-5-3-2-4-12(13)14(16)18-15;4-2-1-3-5/h2-5,7-18,40H,6,19-21H2,1H3,(H,34,36,38)(H,35,37,39);2-9H,1H3;1-5H2. The van der Waals surface area contributed by atoms with Crippen LogP contribution in [0, 0.1) is 0 Å². The molecule has 0 radical (unpaired) electrons. The van der Waals surface area contributed by atoms with Crippen LogP contribution in [0.25, 0.3) is 66.9 Å². The molecule has 0 unspecified atom stereocenters. The van der Waals surface area contributed by atoms with Crippen LogP contribution in [0.2, 0.25) is 5.15 Å². The number of nitrogens with two attached hydrogens (primary N) is 2. The molecule has 0 amide bonds. The van der Waals surface area contributed by atoms with Gasteiger partial charge in [-0.2, -0.15) is 0 Å². The number of ether oxygens (including phenoxy) is 2. The van der Waals surface area contributed by atoms with Crippen LogP contribution in [0.15, 0.2) is 146 Å². The Kier molecular flexibility index (Phi) is 16.1. The van der Waals surface area contributed by atoms with Crippen molar-refractivity contribution in [3.8, 4) is 45.7 Å². The fourth-order valence-corrected chi connectivity index (χ4v) is 6.95. The highest BCUT2D eigenvalue weighted by Gasteiger charge is 2.12. The van der Waals surface area contributed by atoms with Crippen molar-refractivity contribution in [2.75, 3.05) is 51.0 Å². The van der Waals surface area contributed by atoms with Gasteiger partial charge in [0, 0.05) is 45.9 Å². The fraction of sp³-hybridized carbons (Fsp3) is 0.176. The van der Waals surface area contributed by atoms with E-state index in [0.717, 1.165) is 104 Å². The zero-order chi connectivity index (χ0) is 45.4. The number of hydrogen-bond donors (Lipinski definition) is 5. The highest BCUT2D eigenvalue weighted by Crippen LogP contribution is 2.29. The van der Waals surface area contributed by atoms with Gasteiger partial charge in [0.1, 0.15) is 28.3 Å². The minimum atomic E-state index is 0.00724. The van der Waals surface area contributed by atoms with Gasteiger partial charge in [-0.05, 0) is 116 Å². The van der Waals surface area contributed by atoms with Gasteiger partial charge in [0.2, 0.25) is 0 Å². The summed E-state index contributed by atoms with van der Waals surface area (Å²) in [4.78, 5) is 28.1. The van der Waals surface area contributed by atoms with Crippen LogP contribution in [0.4, 0.5) is 11.6 Å². The molecular weight excluding hydrogens is 836 g/mol. The predicted molar refractivity (Wildman–Crippen MR) is 263 cm³/mol. The summed E-state index contributed by atoms with van der Waals surface area (Å²) in [6.07, 6.45) is 1.79. The number of fused-ring (bicyclic) bond motifs is 3. The second kappa shape index (κ2) is 22.9. The van der Waals surface area contributed by atoms with E-state index < -0.39 is 0 Å². The Bertz CT molecular complexity index is 2800. The molecule has 14 heteroatoms. The Morgan fingerprint density at radius 2 is 0.862 bits per heavy atom. The largest absolute Gasteiger partial charge is 0.497 e. The molecule has 3 heterocycles. The maximum Gasteiger partial charge on any atom is 0.162 e. The normalized spacial score (nSPS) is 10.7. The minimum absolute atomic E-state index is 0.00724. The lowest BCUT2D eigenvalue weighted by Crippen LogP contribution is -2.12. The van der Waals surface area contributed by atoms with Crippen molar-refractivity contribution in [3.05, 3.63) is 156 Å². The third kappa shape index (κ3) is 11.8. The maximum atomic E-state index is 9.38. The van der Waals surface area contributed by atoms with Crippen molar-refractivity contribution in [3.63, 3.8) is 0 Å². The van der Waals surface area contributed by atoms with Gasteiger partial charge in [-0.25, -0.2) is 29.9 Å². The van der Waals surface area contributed by atoms with E-state index in [4.69, 9.17) is 52.5 Å². The Hall–Kier alpha value is -7.29. The molecule has 9 aromatic rings. The van der Waals surface area contributed by atoms with Crippen LogP contribution < -0.4 is 31.6 Å². The van der Waals surface area contributed by atoms with E-state index in [9.17, 15) is 5.11 Å². The second-order valence-electron chi connectivity index (χ2n) is 14.6. The number of nitrogens with one attached hydrogen (secondary N) is 2. The van der Waals surface area contributed by atoms with Gasteiger partial charge in [0.05, 0.1) is 37.4 Å². The van der Waals surface area contributed by atoms with Crippen LogP contribution in [0.3, 0.4) is 0 Å². The molecule has 0 spiro atoms. The molecule has 0 saturated heterocycles. The molecule has 7 N–H and O–H groups in total. The smallest absolute Gasteiger partial charge is 0.162 e. The number of aliphatic hydroxyl groups excluding tert-OH is 1. The number of hydrogen-bond acceptors (Lipinski definition) is 13. The molecule has 65 heavy (non-hydrogen) atoms. The lowest BCUT2D eigenvalue weighted by Gasteiger charge is -2.13. The van der Waals surface area contributed by atoms with Gasteiger partial charge in [0.15, 0.2) is 17.5 Å². The number of halogens is 1. The molecule has 9 rings (SSSR count). The molecule has 0 aliphatic carbocycles. The monoisotopic (exact) mass is 886 g/mol. The second-order valence-corrected chi connectivity index (χ2v) is 15.0. The summed E-state index contributed by atoms with van der Waals surface area (Å²) in [6, 6.07) is 46.7. The van der Waals surface area contributed by atoms with Crippen molar-refractivity contribution in [2.24, 2.45) is 11.5 Å². The number of methoxy groups -OCH3 is 2. The molecule has 0 aliphatic heterocycles. The van der Waals surface area contributed by atoms with Crippen molar-refractivity contribution in [2.45, 2.75) is 19.4 Å². The number of aromatic nitrogens is 6. The third-order valence-electron chi connectivity index (χ3n) is 10.2. The number of benzene rings is 6. The molecule has 3 aromatic heterocycles. The zero-order valence-corrected chi connectivity index (χ0v) is 37.0. The third-order valence-corrected chi connectivity index (χ3v) is 10.5. The lowest BCUT2D eigenvalue weighted by molar-refractivity contribution is 0.282. The number of nitrogens with zero attached hydrogens (tertiary/aromatic N) is 6. The Morgan fingerprint density at radius 3 is 1.26 bits per heavy atom. The molecule has 0 fully saturated rings. The molecule has 0 aliphatic rings. The van der Waals surface area contributed by atoms with Crippen molar-refractivity contribution in [1.82, 2.24) is 29.9 Å². The predicted octanol–water partition coefficient (Wildman–Crippen LogP) is 9.57. The molecule has 13 nitrogen and oxygen atoms in total. The number of para-hydroxylation sites is 3. The maximum absolute atomic E-state index is 9.38. The number of aliphatic hydroxyl groups is 1. The summed E-state index contributed by atoms with van der Waals surface area (Å²) in [7, 11) is 3.29. The average molecular weight is 887 g/mol. The van der Waals surface area contributed by atoms with Gasteiger partial charge < -0.3 is 36.7 Å². The number of anilines is 2. The summed E-state index contributed by atoms with van der Waals surface area (Å²) < 4.78 is 10.4. The molecule has 330 valence electrons. The first-order valence-corrected chi connectivity index (χ1v) is 21.6. The Morgan fingerprint density at radius 1 is 0.477 bits per heavy atom. The molecule has 0 saturated carbocycles. The molecule has 6 aromatic carbocycles. The van der Waals surface area contributed by atoms with E-state index in [1.165, 1.54) is 0 Å². The first-order valence-electron chi connectivity index (χ1n) is 21.2. The average Bonchev–Trinajstić information content (AvgIpc) is 3.36. The van der Waals surface area contributed by atoms with E-state index in [1.807, 2.05) is 146 Å². The van der Waals surface area contributed by atoms with Crippen molar-refractivity contribution < 1.29 is 14.6 Å². The first kappa shape index (κ1) is 45.7. The van der Waals surface area contributed by atoms with Crippen LogP contribution in [0.1, 0.15) is 18.4 Å². The molecular formula is C51H51ClN10O3. The Labute approximate surface area is 382 Å². The summed E-state index contributed by atoms with van der Waals surface area (Å²) in [6.45, 7) is 2.88. The van der Waals surface area contributed by atoms with Crippen molar-refractivity contribution in [1.29, 1.82) is 0 Å². The van der Waals surface area contributed by atoms with Crippen LogP contribution in [-0.4, -0.2) is 75.4 Å². The lowest BCUT2D eigenvalue weighted by atomic mass is 10.1. The van der Waals surface area contributed by atoms with Crippen LogP contribution in [0.5, 0.6) is 11.5 Å². The molecule has 0 bridgehead atoms. The highest BCUT2D eigenvalue weighted by molar-refractivity contribution is 6.34. The SMILES string of the molecule is COc1ccc(-c2nc(Cl)c3ccccc3n2)cc1.COc1ccc(-c2nc(NCCCNc3nc(-c4ccc(CO)cc4)nc4ccccc34)c3ccccc3n2)cc1.NCCCN. The van der Waals surface area contributed by atoms with Crippen LogP contribution >= 0.6 is 11.6 Å². The van der Waals surface area contributed by atoms with Gasteiger partial charge in [-0.1, -0.05) is 72.3 Å². The van der Waals surface area contributed by atoms with Gasteiger partial charge in [-0.15, -0.1) is 0 Å². The Balaban J connectivity index is 0.000000217. The summed E-state index contributed by atoms with van der Waals surface area (Å²) in [5.41, 5.74) is 16.3.